The smallest absolute Gasteiger partial charge is 0.185 e. The summed E-state index contributed by atoms with van der Waals surface area (Å²) in [6.07, 6.45) is 2.49. The minimum atomic E-state index is 0.0598. The maximum atomic E-state index is 11.2. The summed E-state index contributed by atoms with van der Waals surface area (Å²) in [4.78, 5) is 17.9. The van der Waals surface area contributed by atoms with Crippen molar-refractivity contribution in [2.75, 3.05) is 18.0 Å². The number of anilines is 1. The minimum absolute atomic E-state index is 0.0598. The second-order valence-corrected chi connectivity index (χ2v) is 5.98. The van der Waals surface area contributed by atoms with Crippen LogP contribution in [0.25, 0.3) is 0 Å². The van der Waals surface area contributed by atoms with Crippen LogP contribution in [-0.4, -0.2) is 23.9 Å². The summed E-state index contributed by atoms with van der Waals surface area (Å²) in [5.74, 6) is 1.68. The maximum Gasteiger partial charge on any atom is 0.185 e. The molecule has 2 rings (SSSR count). The highest BCUT2D eigenvalue weighted by Gasteiger charge is 2.23. The molecule has 1 fully saturated rings. The largest absolute Gasteiger partial charge is 0.348 e. The van der Waals surface area contributed by atoms with Gasteiger partial charge in [-0.1, -0.05) is 13.8 Å². The molecule has 17 heavy (non-hydrogen) atoms. The highest BCUT2D eigenvalue weighted by molar-refractivity contribution is 7.13. The van der Waals surface area contributed by atoms with Crippen molar-refractivity contribution < 1.29 is 4.79 Å². The number of aromatic nitrogens is 1. The van der Waals surface area contributed by atoms with Crippen molar-refractivity contribution in [1.29, 1.82) is 0 Å². The van der Waals surface area contributed by atoms with Gasteiger partial charge in [0.05, 0.1) is 0 Å². The van der Waals surface area contributed by atoms with E-state index in [1.54, 1.807) is 18.3 Å². The Morgan fingerprint density at radius 2 is 2.12 bits per heavy atom. The molecule has 1 saturated heterocycles. The number of piperidine rings is 1. The Kier molecular flexibility index (Phi) is 3.82. The summed E-state index contributed by atoms with van der Waals surface area (Å²) >= 11 is 1.59. The first-order valence-corrected chi connectivity index (χ1v) is 7.17. The van der Waals surface area contributed by atoms with Gasteiger partial charge < -0.3 is 4.90 Å². The molecule has 1 aliphatic rings. The number of carbonyl (C=O) groups is 1. The van der Waals surface area contributed by atoms with Crippen molar-refractivity contribution >= 4 is 22.3 Å². The predicted octanol–water partition coefficient (Wildman–Crippen LogP) is 3.22. The van der Waals surface area contributed by atoms with Crippen molar-refractivity contribution in [3.05, 3.63) is 11.1 Å². The fraction of sp³-hybridized carbons (Fsp3) is 0.692. The maximum absolute atomic E-state index is 11.2. The van der Waals surface area contributed by atoms with Gasteiger partial charge in [-0.2, -0.15) is 0 Å². The van der Waals surface area contributed by atoms with E-state index in [1.807, 2.05) is 5.38 Å². The molecule has 0 aliphatic carbocycles. The second-order valence-electron chi connectivity index (χ2n) is 5.14. The third kappa shape index (κ3) is 2.86. The molecule has 1 aliphatic heterocycles. The van der Waals surface area contributed by atoms with Crippen LogP contribution < -0.4 is 4.90 Å². The van der Waals surface area contributed by atoms with E-state index in [0.717, 1.165) is 30.1 Å². The topological polar surface area (TPSA) is 33.2 Å². The zero-order chi connectivity index (χ0) is 12.4. The van der Waals surface area contributed by atoms with Crippen LogP contribution in [-0.2, 0) is 0 Å². The van der Waals surface area contributed by atoms with E-state index in [4.69, 9.17) is 0 Å². The van der Waals surface area contributed by atoms with Gasteiger partial charge in [0.15, 0.2) is 10.9 Å². The fourth-order valence-corrected chi connectivity index (χ4v) is 3.25. The second kappa shape index (κ2) is 5.17. The molecule has 0 aromatic carbocycles. The van der Waals surface area contributed by atoms with Crippen LogP contribution in [0.5, 0.6) is 0 Å². The molecule has 1 aromatic rings. The molecule has 4 heteroatoms. The first kappa shape index (κ1) is 12.6. The standard InChI is InChI=1S/C13H20N2OS/c1-9(2)11-4-6-15(7-5-11)13-14-12(8-17-13)10(3)16/h8-9,11H,4-7H2,1-3H3. The lowest BCUT2D eigenvalue weighted by Crippen LogP contribution is -2.35. The average molecular weight is 252 g/mol. The van der Waals surface area contributed by atoms with E-state index in [1.165, 1.54) is 12.8 Å². The monoisotopic (exact) mass is 252 g/mol. The number of ketones is 1. The Bertz CT molecular complexity index is 392. The highest BCUT2D eigenvalue weighted by Crippen LogP contribution is 2.29. The van der Waals surface area contributed by atoms with Crippen LogP contribution in [0.2, 0.25) is 0 Å². The lowest BCUT2D eigenvalue weighted by Gasteiger charge is -2.33. The van der Waals surface area contributed by atoms with Crippen LogP contribution in [0.15, 0.2) is 5.38 Å². The van der Waals surface area contributed by atoms with Gasteiger partial charge in [-0.25, -0.2) is 4.98 Å². The van der Waals surface area contributed by atoms with Gasteiger partial charge in [0.25, 0.3) is 0 Å². The molecular formula is C13H20N2OS. The Labute approximate surface area is 107 Å². The third-order valence-electron chi connectivity index (χ3n) is 3.61. The molecule has 0 spiro atoms. The van der Waals surface area contributed by atoms with Crippen molar-refractivity contribution in [1.82, 2.24) is 4.98 Å². The number of Topliss-reactive ketones (excluding diaryl/α,β-unsaturated/α-hetero) is 1. The first-order valence-electron chi connectivity index (χ1n) is 6.29. The summed E-state index contributed by atoms with van der Waals surface area (Å²) in [6.45, 7) is 8.33. The molecular weight excluding hydrogens is 232 g/mol. The molecule has 0 amide bonds. The van der Waals surface area contributed by atoms with E-state index in [2.05, 4.69) is 23.7 Å². The van der Waals surface area contributed by atoms with Gasteiger partial charge in [0.1, 0.15) is 5.69 Å². The number of hydrogen-bond donors (Lipinski definition) is 0. The Balaban J connectivity index is 1.98. The average Bonchev–Trinajstić information content (AvgIpc) is 2.78. The quantitative estimate of drug-likeness (QED) is 0.774. The predicted molar refractivity (Wildman–Crippen MR) is 71.9 cm³/mol. The first-order chi connectivity index (χ1) is 8.08. The lowest BCUT2D eigenvalue weighted by molar-refractivity contribution is 0.101. The number of carbonyl (C=O) groups excluding carboxylic acids is 1. The highest BCUT2D eigenvalue weighted by atomic mass is 32.1. The minimum Gasteiger partial charge on any atom is -0.348 e. The van der Waals surface area contributed by atoms with E-state index >= 15 is 0 Å². The van der Waals surface area contributed by atoms with Gasteiger partial charge in [-0.15, -0.1) is 11.3 Å². The van der Waals surface area contributed by atoms with Crippen molar-refractivity contribution in [2.24, 2.45) is 11.8 Å². The Morgan fingerprint density at radius 3 is 2.59 bits per heavy atom. The normalized spacial score (nSPS) is 17.8. The zero-order valence-electron chi connectivity index (χ0n) is 10.8. The summed E-state index contributed by atoms with van der Waals surface area (Å²) in [5, 5.41) is 2.88. The van der Waals surface area contributed by atoms with E-state index in [0.29, 0.717) is 5.69 Å². The van der Waals surface area contributed by atoms with Gasteiger partial charge in [0.2, 0.25) is 0 Å². The molecule has 2 heterocycles. The molecule has 0 radical (unpaired) electrons. The van der Waals surface area contributed by atoms with Crippen molar-refractivity contribution in [3.8, 4) is 0 Å². The zero-order valence-corrected chi connectivity index (χ0v) is 11.6. The SMILES string of the molecule is CC(=O)c1csc(N2CCC(C(C)C)CC2)n1. The van der Waals surface area contributed by atoms with Gasteiger partial charge >= 0.3 is 0 Å². The van der Waals surface area contributed by atoms with Crippen molar-refractivity contribution in [2.45, 2.75) is 33.6 Å². The molecule has 3 nitrogen and oxygen atoms in total. The number of rotatable bonds is 3. The van der Waals surface area contributed by atoms with Crippen molar-refractivity contribution in [3.63, 3.8) is 0 Å². The summed E-state index contributed by atoms with van der Waals surface area (Å²) in [5.41, 5.74) is 0.607. The molecule has 1 aromatic heterocycles. The number of nitrogens with zero attached hydrogens (tertiary/aromatic N) is 2. The van der Waals surface area contributed by atoms with E-state index in [-0.39, 0.29) is 5.78 Å². The van der Waals surface area contributed by atoms with Crippen LogP contribution >= 0.6 is 11.3 Å². The van der Waals surface area contributed by atoms with E-state index in [9.17, 15) is 4.79 Å². The van der Waals surface area contributed by atoms with Gasteiger partial charge in [0, 0.05) is 25.4 Å². The summed E-state index contributed by atoms with van der Waals surface area (Å²) in [6, 6.07) is 0. The van der Waals surface area contributed by atoms with E-state index < -0.39 is 0 Å². The summed E-state index contributed by atoms with van der Waals surface area (Å²) < 4.78 is 0. The molecule has 0 saturated carbocycles. The van der Waals surface area contributed by atoms with Crippen LogP contribution in [0.1, 0.15) is 44.1 Å². The molecule has 94 valence electrons. The molecule has 0 unspecified atom stereocenters. The van der Waals surface area contributed by atoms with Gasteiger partial charge in [-0.05, 0) is 24.7 Å². The fourth-order valence-electron chi connectivity index (χ4n) is 2.33. The summed E-state index contributed by atoms with van der Waals surface area (Å²) in [7, 11) is 0. The molecule has 0 atom stereocenters. The molecule has 0 bridgehead atoms. The molecule has 0 N–H and O–H groups in total. The van der Waals surface area contributed by atoms with Crippen LogP contribution in [0.3, 0.4) is 0 Å². The lowest BCUT2D eigenvalue weighted by atomic mass is 9.87. The van der Waals surface area contributed by atoms with Gasteiger partial charge in [-0.3, -0.25) is 4.79 Å². The van der Waals surface area contributed by atoms with Crippen LogP contribution in [0.4, 0.5) is 5.13 Å². The number of thiazole rings is 1. The Morgan fingerprint density at radius 1 is 1.47 bits per heavy atom. The Hall–Kier alpha value is -0.900. The number of hydrogen-bond acceptors (Lipinski definition) is 4. The van der Waals surface area contributed by atoms with Crippen LogP contribution in [0, 0.1) is 11.8 Å². The third-order valence-corrected chi connectivity index (χ3v) is 4.51.